The summed E-state index contributed by atoms with van der Waals surface area (Å²) in [6.07, 6.45) is 0. The fraction of sp³-hybridized carbons (Fsp3) is 0.571. The summed E-state index contributed by atoms with van der Waals surface area (Å²) in [4.78, 5) is 0. The van der Waals surface area contributed by atoms with Crippen molar-refractivity contribution in [1.29, 1.82) is 0 Å². The van der Waals surface area contributed by atoms with Gasteiger partial charge in [0.15, 0.2) is 11.5 Å². The second kappa shape index (κ2) is 9.21. The first-order valence-electron chi connectivity index (χ1n) is 6.67. The first kappa shape index (κ1) is 17.3. The van der Waals surface area contributed by atoms with Crippen molar-refractivity contribution in [2.75, 3.05) is 31.8 Å². The van der Waals surface area contributed by atoms with E-state index in [0.717, 1.165) is 5.56 Å². The molecule has 0 aliphatic heterocycles. The van der Waals surface area contributed by atoms with E-state index in [4.69, 9.17) is 21.1 Å². The molecule has 1 aromatic carbocycles. The summed E-state index contributed by atoms with van der Waals surface area (Å²) in [6, 6.07) is 3.76. The molecule has 0 aromatic heterocycles. The lowest BCUT2D eigenvalue weighted by atomic mass is 10.2. The molecule has 0 unspecified atom stereocenters. The molecule has 1 rings (SSSR count). The van der Waals surface area contributed by atoms with E-state index in [1.54, 1.807) is 7.11 Å². The second-order valence-electron chi connectivity index (χ2n) is 4.15. The van der Waals surface area contributed by atoms with Crippen LogP contribution in [0.15, 0.2) is 12.1 Å². The summed E-state index contributed by atoms with van der Waals surface area (Å²) in [5, 5.41) is 3.79. The van der Waals surface area contributed by atoms with Gasteiger partial charge in [0.2, 0.25) is 0 Å². The van der Waals surface area contributed by atoms with Crippen LogP contribution in [-0.2, 0) is 17.3 Å². The molecule has 0 aliphatic rings. The molecule has 0 saturated carbocycles. The van der Waals surface area contributed by atoms with Crippen molar-refractivity contribution in [3.05, 3.63) is 22.7 Å². The molecule has 114 valence electrons. The molecule has 0 saturated heterocycles. The van der Waals surface area contributed by atoms with E-state index in [1.165, 1.54) is 0 Å². The third-order valence-corrected chi connectivity index (χ3v) is 4.32. The topological polar surface area (TPSA) is 47.6 Å². The molecule has 0 bridgehead atoms. The molecule has 0 heterocycles. The first-order chi connectivity index (χ1) is 9.62. The minimum Gasteiger partial charge on any atom is -0.493 e. The highest BCUT2D eigenvalue weighted by Gasteiger charge is 2.11. The van der Waals surface area contributed by atoms with Crippen molar-refractivity contribution in [2.24, 2.45) is 0 Å². The normalized spacial score (nSPS) is 12.2. The number of halogens is 1. The van der Waals surface area contributed by atoms with Gasteiger partial charge in [-0.15, -0.1) is 0 Å². The Labute approximate surface area is 128 Å². The van der Waals surface area contributed by atoms with E-state index >= 15 is 0 Å². The number of benzene rings is 1. The Kier molecular flexibility index (Phi) is 7.95. The molecule has 1 aromatic rings. The van der Waals surface area contributed by atoms with Gasteiger partial charge in [0, 0.05) is 35.4 Å². The van der Waals surface area contributed by atoms with E-state index in [1.807, 2.05) is 26.0 Å². The molecule has 1 atom stereocenters. The number of ether oxygens (including phenoxy) is 2. The van der Waals surface area contributed by atoms with Gasteiger partial charge in [-0.05, 0) is 24.6 Å². The highest BCUT2D eigenvalue weighted by molar-refractivity contribution is 7.84. The van der Waals surface area contributed by atoms with Gasteiger partial charge in [0.1, 0.15) is 0 Å². The Hall–Kier alpha value is -0.780. The Morgan fingerprint density at radius 1 is 1.35 bits per heavy atom. The van der Waals surface area contributed by atoms with Crippen LogP contribution in [-0.4, -0.2) is 36.0 Å². The van der Waals surface area contributed by atoms with Crippen LogP contribution < -0.4 is 14.8 Å². The molecule has 0 aliphatic carbocycles. The number of hydrogen-bond donors (Lipinski definition) is 1. The maximum atomic E-state index is 11.3. The summed E-state index contributed by atoms with van der Waals surface area (Å²) in [5.74, 6) is 2.57. The van der Waals surface area contributed by atoms with E-state index in [2.05, 4.69) is 5.32 Å². The maximum Gasteiger partial charge on any atom is 0.179 e. The zero-order chi connectivity index (χ0) is 15.0. The van der Waals surface area contributed by atoms with E-state index < -0.39 is 10.8 Å². The van der Waals surface area contributed by atoms with Crippen molar-refractivity contribution in [2.45, 2.75) is 20.4 Å². The number of nitrogens with one attached hydrogen (secondary N) is 1. The number of methoxy groups -OCH3 is 1. The SMILES string of the molecule is CCOc1c(Cl)cc(CNCC[S@](=O)CC)cc1OC. The fourth-order valence-corrected chi connectivity index (χ4v) is 2.67. The zero-order valence-electron chi connectivity index (χ0n) is 12.2. The number of hydrogen-bond acceptors (Lipinski definition) is 4. The van der Waals surface area contributed by atoms with Gasteiger partial charge in [-0.2, -0.15) is 0 Å². The Bertz CT molecular complexity index is 454. The van der Waals surface area contributed by atoms with Crippen LogP contribution in [0.3, 0.4) is 0 Å². The van der Waals surface area contributed by atoms with Gasteiger partial charge in [-0.1, -0.05) is 18.5 Å². The predicted octanol–water partition coefficient (Wildman–Crippen LogP) is 2.61. The van der Waals surface area contributed by atoms with Gasteiger partial charge >= 0.3 is 0 Å². The van der Waals surface area contributed by atoms with Crippen LogP contribution in [0.5, 0.6) is 11.5 Å². The van der Waals surface area contributed by atoms with Crippen molar-refractivity contribution in [1.82, 2.24) is 5.32 Å². The average Bonchev–Trinajstić information content (AvgIpc) is 2.45. The van der Waals surface area contributed by atoms with Gasteiger partial charge in [0.25, 0.3) is 0 Å². The summed E-state index contributed by atoms with van der Waals surface area (Å²) in [6.45, 7) is 5.74. The second-order valence-corrected chi connectivity index (χ2v) is 6.42. The average molecular weight is 320 g/mol. The Morgan fingerprint density at radius 3 is 2.70 bits per heavy atom. The molecule has 1 N–H and O–H groups in total. The maximum absolute atomic E-state index is 11.3. The van der Waals surface area contributed by atoms with Crippen molar-refractivity contribution in [3.8, 4) is 11.5 Å². The molecule has 0 spiro atoms. The standard InChI is InChI=1S/C14H22ClNO3S/c1-4-19-14-12(15)8-11(9-13(14)18-3)10-16-6-7-20(17)5-2/h8-9,16H,4-7,10H2,1-3H3/t20-/m1/s1. The highest BCUT2D eigenvalue weighted by atomic mass is 35.5. The van der Waals surface area contributed by atoms with Crippen molar-refractivity contribution >= 4 is 22.4 Å². The van der Waals surface area contributed by atoms with Crippen LogP contribution >= 0.6 is 11.6 Å². The quantitative estimate of drug-likeness (QED) is 0.711. The third kappa shape index (κ3) is 5.31. The molecule has 0 fully saturated rings. The monoisotopic (exact) mass is 319 g/mol. The van der Waals surface area contributed by atoms with E-state index in [-0.39, 0.29) is 0 Å². The van der Waals surface area contributed by atoms with E-state index in [9.17, 15) is 4.21 Å². The molecular formula is C14H22ClNO3S. The van der Waals surface area contributed by atoms with Crippen molar-refractivity contribution in [3.63, 3.8) is 0 Å². The van der Waals surface area contributed by atoms with Crippen LogP contribution in [0, 0.1) is 0 Å². The lowest BCUT2D eigenvalue weighted by Gasteiger charge is -2.13. The number of rotatable bonds is 9. The molecule has 4 nitrogen and oxygen atoms in total. The lowest BCUT2D eigenvalue weighted by Crippen LogP contribution is -2.20. The first-order valence-corrected chi connectivity index (χ1v) is 8.53. The minimum atomic E-state index is -0.735. The summed E-state index contributed by atoms with van der Waals surface area (Å²) >= 11 is 6.20. The van der Waals surface area contributed by atoms with Crippen LogP contribution in [0.4, 0.5) is 0 Å². The van der Waals surface area contributed by atoms with Crippen LogP contribution in [0.2, 0.25) is 5.02 Å². The van der Waals surface area contributed by atoms with Gasteiger partial charge < -0.3 is 14.8 Å². The largest absolute Gasteiger partial charge is 0.493 e. The molecule has 0 radical (unpaired) electrons. The van der Waals surface area contributed by atoms with E-state index in [0.29, 0.717) is 47.7 Å². The van der Waals surface area contributed by atoms with Gasteiger partial charge in [0.05, 0.1) is 18.7 Å². The Balaban J connectivity index is 2.63. The molecular weight excluding hydrogens is 298 g/mol. The summed E-state index contributed by atoms with van der Waals surface area (Å²) in [5.41, 5.74) is 1.01. The third-order valence-electron chi connectivity index (χ3n) is 2.74. The molecule has 6 heteroatoms. The smallest absolute Gasteiger partial charge is 0.179 e. The molecule has 0 amide bonds. The zero-order valence-corrected chi connectivity index (χ0v) is 13.8. The Morgan fingerprint density at radius 2 is 2.10 bits per heavy atom. The van der Waals surface area contributed by atoms with Crippen molar-refractivity contribution < 1.29 is 13.7 Å². The van der Waals surface area contributed by atoms with Crippen LogP contribution in [0.25, 0.3) is 0 Å². The molecule has 20 heavy (non-hydrogen) atoms. The predicted molar refractivity (Wildman–Crippen MR) is 84.4 cm³/mol. The summed E-state index contributed by atoms with van der Waals surface area (Å²) < 4.78 is 22.1. The lowest BCUT2D eigenvalue weighted by molar-refractivity contribution is 0.311. The van der Waals surface area contributed by atoms with Gasteiger partial charge in [-0.3, -0.25) is 4.21 Å². The highest BCUT2D eigenvalue weighted by Crippen LogP contribution is 2.36. The van der Waals surface area contributed by atoms with Crippen LogP contribution in [0.1, 0.15) is 19.4 Å². The fourth-order valence-electron chi connectivity index (χ4n) is 1.72. The van der Waals surface area contributed by atoms with Gasteiger partial charge in [-0.25, -0.2) is 0 Å². The minimum absolute atomic E-state index is 0.538. The summed E-state index contributed by atoms with van der Waals surface area (Å²) in [7, 11) is 0.858.